The van der Waals surface area contributed by atoms with E-state index in [-0.39, 0.29) is 48.6 Å². The Morgan fingerprint density at radius 3 is 2.52 bits per heavy atom. The number of nitriles is 1. The van der Waals surface area contributed by atoms with E-state index >= 15 is 0 Å². The van der Waals surface area contributed by atoms with Gasteiger partial charge in [-0.25, -0.2) is 14.2 Å². The van der Waals surface area contributed by atoms with Crippen LogP contribution in [0.4, 0.5) is 19.3 Å². The highest BCUT2D eigenvalue weighted by molar-refractivity contribution is 6.03. The van der Waals surface area contributed by atoms with Gasteiger partial charge in [0.25, 0.3) is 18.3 Å². The van der Waals surface area contributed by atoms with Crippen molar-refractivity contribution >= 4 is 30.0 Å². The van der Waals surface area contributed by atoms with Gasteiger partial charge in [0.15, 0.2) is 24.0 Å². The van der Waals surface area contributed by atoms with E-state index in [1.807, 2.05) is 0 Å². The highest BCUT2D eigenvalue weighted by Crippen LogP contribution is 2.30. The molecule has 3 aromatic rings. The summed E-state index contributed by atoms with van der Waals surface area (Å²) < 4.78 is 35.3. The van der Waals surface area contributed by atoms with Gasteiger partial charge in [-0.15, -0.1) is 0 Å². The lowest BCUT2D eigenvalue weighted by Gasteiger charge is -2.16. The van der Waals surface area contributed by atoms with Crippen LogP contribution in [0.25, 0.3) is 11.3 Å². The molecule has 0 aliphatic carbocycles. The van der Waals surface area contributed by atoms with Crippen LogP contribution in [0.5, 0.6) is 5.75 Å². The number of aliphatic hydroxyl groups excluding tert-OH is 1. The molecule has 0 saturated carbocycles. The van der Waals surface area contributed by atoms with Crippen LogP contribution < -0.4 is 31.3 Å². The number of aromatic nitrogens is 2. The maximum absolute atomic E-state index is 14.7. The molecule has 7 N–H and O–H groups in total. The average molecular weight is 643 g/mol. The molecule has 2 atom stereocenters. The van der Waals surface area contributed by atoms with E-state index in [1.165, 1.54) is 42.1 Å². The third-order valence-electron chi connectivity index (χ3n) is 6.73. The van der Waals surface area contributed by atoms with Gasteiger partial charge in [-0.3, -0.25) is 14.4 Å². The number of β-amino-alcohol motifs (C(OH)–C–C–N with tert-alkyl or cyclic N) is 1. The van der Waals surface area contributed by atoms with Gasteiger partial charge in [0.2, 0.25) is 5.82 Å². The van der Waals surface area contributed by atoms with Gasteiger partial charge in [-0.05, 0) is 42.8 Å². The van der Waals surface area contributed by atoms with Gasteiger partial charge in [0, 0.05) is 50.0 Å². The number of halogens is 2. The monoisotopic (exact) mass is 642 g/mol. The normalized spacial score (nSPS) is 15.0. The highest BCUT2D eigenvalue weighted by Gasteiger charge is 2.26. The molecule has 4 amide bonds. The number of imidazole rings is 1. The largest absolute Gasteiger partial charge is 0.483 e. The molecule has 1 fully saturated rings. The first-order valence-corrected chi connectivity index (χ1v) is 13.7. The van der Waals surface area contributed by atoms with Crippen molar-refractivity contribution in [2.75, 3.05) is 38.1 Å². The maximum atomic E-state index is 14.7. The summed E-state index contributed by atoms with van der Waals surface area (Å²) in [6.07, 6.45) is 0.577. The molecule has 0 radical (unpaired) electrons. The summed E-state index contributed by atoms with van der Waals surface area (Å²) in [7, 11) is 1.47. The van der Waals surface area contributed by atoms with Crippen LogP contribution in [0.15, 0.2) is 36.5 Å². The van der Waals surface area contributed by atoms with Crippen LogP contribution in [0.3, 0.4) is 0 Å². The Hall–Kier alpha value is -5.60. The number of carbonyl (C=O) groups is 4. The number of urea groups is 1. The number of ether oxygens (including phenoxy) is 1. The Balaban J connectivity index is 0.00000185. The minimum atomic E-state index is -1.26. The van der Waals surface area contributed by atoms with Gasteiger partial charge in [-0.1, -0.05) is 0 Å². The molecule has 0 bridgehead atoms. The fraction of sp³-hybridized carbons (Fsp3) is 0.310. The number of hydrogen-bond donors (Lipinski definition) is 7. The molecular weight excluding hydrogens is 610 g/mol. The molecule has 244 valence electrons. The molecule has 15 nitrogen and oxygen atoms in total. The summed E-state index contributed by atoms with van der Waals surface area (Å²) >= 11 is 0. The lowest BCUT2D eigenvalue weighted by molar-refractivity contribution is -0.122. The molecule has 0 unspecified atom stereocenters. The van der Waals surface area contributed by atoms with Gasteiger partial charge in [0.05, 0.1) is 24.0 Å². The number of amides is 4. The quantitative estimate of drug-likeness (QED) is 0.122. The average Bonchev–Trinajstić information content (AvgIpc) is 3.60. The number of aliphatic hydroxyl groups is 1. The summed E-state index contributed by atoms with van der Waals surface area (Å²) in [6.45, 7) is 2.21. The van der Waals surface area contributed by atoms with Crippen LogP contribution in [-0.2, 0) is 11.8 Å². The van der Waals surface area contributed by atoms with E-state index in [4.69, 9.17) is 19.9 Å². The van der Waals surface area contributed by atoms with E-state index in [0.717, 1.165) is 0 Å². The summed E-state index contributed by atoms with van der Waals surface area (Å²) in [5.74, 6) is -3.96. The van der Waals surface area contributed by atoms with Crippen molar-refractivity contribution in [3.8, 4) is 23.1 Å². The molecular formula is C29H32F2N8O7. The first-order chi connectivity index (χ1) is 22.0. The topological polar surface area (TPSA) is 220 Å². The van der Waals surface area contributed by atoms with Crippen molar-refractivity contribution in [1.29, 1.82) is 5.26 Å². The Bertz CT molecular complexity index is 1630. The number of anilines is 1. The first kappa shape index (κ1) is 34.9. The molecule has 2 heterocycles. The number of nitrogens with zero attached hydrogens (tertiary/aromatic N) is 3. The molecule has 1 saturated heterocycles. The van der Waals surface area contributed by atoms with Gasteiger partial charge in [-0.2, -0.15) is 9.65 Å². The van der Waals surface area contributed by atoms with Gasteiger partial charge < -0.3 is 46.1 Å². The summed E-state index contributed by atoms with van der Waals surface area (Å²) in [5, 5.41) is 38.8. The number of rotatable bonds is 10. The van der Waals surface area contributed by atoms with Gasteiger partial charge >= 0.3 is 6.03 Å². The number of hydrogen-bond acceptors (Lipinski definition) is 9. The smallest absolute Gasteiger partial charge is 0.315 e. The van der Waals surface area contributed by atoms with Crippen LogP contribution in [0, 0.1) is 29.9 Å². The van der Waals surface area contributed by atoms with Crippen LogP contribution in [0.1, 0.15) is 26.5 Å². The predicted octanol–water partition coefficient (Wildman–Crippen LogP) is 0.891. The second-order valence-corrected chi connectivity index (χ2v) is 9.79. The third kappa shape index (κ3) is 8.74. The zero-order valence-corrected chi connectivity index (χ0v) is 24.8. The maximum Gasteiger partial charge on any atom is 0.315 e. The van der Waals surface area contributed by atoms with Crippen molar-refractivity contribution in [2.45, 2.75) is 19.1 Å². The molecule has 1 aromatic heterocycles. The lowest BCUT2D eigenvalue weighted by Crippen LogP contribution is -2.48. The third-order valence-corrected chi connectivity index (χ3v) is 6.73. The molecule has 1 aliphatic rings. The predicted molar refractivity (Wildman–Crippen MR) is 159 cm³/mol. The molecule has 1 aliphatic heterocycles. The summed E-state index contributed by atoms with van der Waals surface area (Å²) in [4.78, 5) is 49.9. The van der Waals surface area contributed by atoms with Crippen molar-refractivity contribution in [1.82, 2.24) is 30.8 Å². The van der Waals surface area contributed by atoms with Crippen molar-refractivity contribution < 1.29 is 42.9 Å². The van der Waals surface area contributed by atoms with Crippen LogP contribution in [0.2, 0.25) is 0 Å². The minimum Gasteiger partial charge on any atom is -0.483 e. The minimum absolute atomic E-state index is 0.0747. The molecule has 17 heteroatoms. The Kier molecular flexibility index (Phi) is 12.5. The lowest BCUT2D eigenvalue weighted by atomic mass is 10.1. The number of nitrogens with one attached hydrogen (secondary N) is 5. The van der Waals surface area contributed by atoms with E-state index in [2.05, 4.69) is 31.6 Å². The van der Waals surface area contributed by atoms with E-state index in [9.17, 15) is 28.3 Å². The van der Waals surface area contributed by atoms with Crippen molar-refractivity contribution in [3.05, 3.63) is 65.1 Å². The molecule has 0 spiro atoms. The Morgan fingerprint density at radius 1 is 1.15 bits per heavy atom. The summed E-state index contributed by atoms with van der Waals surface area (Å²) in [6, 6.07) is 7.97. The highest BCUT2D eigenvalue weighted by atomic mass is 19.2. The fourth-order valence-corrected chi connectivity index (χ4v) is 4.48. The Morgan fingerprint density at radius 2 is 1.87 bits per heavy atom. The zero-order valence-electron chi connectivity index (χ0n) is 24.8. The van der Waals surface area contributed by atoms with E-state index < -0.39 is 42.0 Å². The van der Waals surface area contributed by atoms with E-state index in [1.54, 1.807) is 19.1 Å². The Labute approximate surface area is 261 Å². The zero-order chi connectivity index (χ0) is 33.8. The number of aryl methyl sites for hydroxylation is 1. The second-order valence-electron chi connectivity index (χ2n) is 9.79. The van der Waals surface area contributed by atoms with E-state index in [0.29, 0.717) is 29.9 Å². The second kappa shape index (κ2) is 16.5. The molecule has 2 aromatic carbocycles. The van der Waals surface area contributed by atoms with Gasteiger partial charge in [0.1, 0.15) is 6.07 Å². The van der Waals surface area contributed by atoms with Crippen molar-refractivity contribution in [3.63, 3.8) is 0 Å². The standard InChI is InChI=1S/C28H30F2N8O5.CH2O2/c1-15-11-16(3-4-17(15)26(40)33-8-9-34-28(42)37-19-12-32-14-21(19)39)36-27(41)25-35-13-20(38(25)2)18-5-6-22(43-10-7-31)24(30)23(18)29;2-1-3/h3-6,11,13,19,21,32,39H,8-10,12,14H2,1-2H3,(H,33,40)(H,36,41)(H2,34,37,42);1H,(H,2,3)/t19-,21-;/m1./s1. The number of benzene rings is 2. The SMILES string of the molecule is Cc1cc(NC(=O)c2ncc(-c3ccc(OCC#N)c(F)c3F)n2C)ccc1C(=O)NCCNC(=O)N[C@@H]1CNC[C@H]1O.O=CO. The number of carbonyl (C=O) groups excluding carboxylic acids is 3. The first-order valence-electron chi connectivity index (χ1n) is 13.7. The van der Waals surface area contributed by atoms with Crippen LogP contribution in [-0.4, -0.2) is 89.0 Å². The van der Waals surface area contributed by atoms with Crippen molar-refractivity contribution in [2.24, 2.45) is 7.05 Å². The fourth-order valence-electron chi connectivity index (χ4n) is 4.48. The summed E-state index contributed by atoms with van der Waals surface area (Å²) in [5.41, 5.74) is 1.29. The van der Waals surface area contributed by atoms with Crippen LogP contribution >= 0.6 is 0 Å². The number of carboxylic acid groups (broad SMARTS) is 1. The molecule has 4 rings (SSSR count). The molecule has 46 heavy (non-hydrogen) atoms.